The fourth-order valence-corrected chi connectivity index (χ4v) is 4.50. The number of piperidine rings is 1. The molecule has 1 fully saturated rings. The topological polar surface area (TPSA) is 66.0 Å². The van der Waals surface area contributed by atoms with E-state index in [0.29, 0.717) is 18.2 Å². The van der Waals surface area contributed by atoms with Crippen molar-refractivity contribution in [3.63, 3.8) is 0 Å². The van der Waals surface area contributed by atoms with Crippen molar-refractivity contribution in [2.45, 2.75) is 57.4 Å². The van der Waals surface area contributed by atoms with Crippen LogP contribution < -0.4 is 10.6 Å². The molecule has 0 aliphatic carbocycles. The summed E-state index contributed by atoms with van der Waals surface area (Å²) in [6, 6.07) is 13.4. The molecule has 0 saturated carbocycles. The van der Waals surface area contributed by atoms with Crippen molar-refractivity contribution in [1.29, 1.82) is 0 Å². The molecule has 2 aromatic heterocycles. The maximum atomic E-state index is 15.4. The fraction of sp³-hybridized carbons (Fsp3) is 0.400. The summed E-state index contributed by atoms with van der Waals surface area (Å²) in [4.78, 5) is 15.1. The normalized spacial score (nSPS) is 22.3. The first-order chi connectivity index (χ1) is 15.2. The first-order valence-electron chi connectivity index (χ1n) is 10.9. The van der Waals surface area contributed by atoms with E-state index in [2.05, 4.69) is 44.3 Å². The van der Waals surface area contributed by atoms with Gasteiger partial charge in [-0.2, -0.15) is 4.98 Å². The smallest absolute Gasteiger partial charge is 0.229 e. The number of likely N-dealkylation sites (tertiary alicyclic amines) is 1. The molecule has 32 heavy (non-hydrogen) atoms. The van der Waals surface area contributed by atoms with Crippen molar-refractivity contribution in [2.24, 2.45) is 0 Å². The van der Waals surface area contributed by atoms with Gasteiger partial charge in [0.05, 0.1) is 6.04 Å². The molecule has 2 N–H and O–H groups in total. The fourth-order valence-electron chi connectivity index (χ4n) is 4.50. The summed E-state index contributed by atoms with van der Waals surface area (Å²) in [6.07, 6.45) is 4.87. The summed E-state index contributed by atoms with van der Waals surface area (Å²) in [5.41, 5.74) is 2.32. The lowest BCUT2D eigenvalue weighted by atomic mass is 9.76. The highest BCUT2D eigenvalue weighted by molar-refractivity contribution is 5.69. The van der Waals surface area contributed by atoms with Gasteiger partial charge in [0, 0.05) is 35.4 Å². The molecule has 0 radical (unpaired) electrons. The van der Waals surface area contributed by atoms with Gasteiger partial charge in [-0.1, -0.05) is 12.1 Å². The molecule has 7 heteroatoms. The molecule has 3 heterocycles. The van der Waals surface area contributed by atoms with Crippen LogP contribution in [0.5, 0.6) is 0 Å². The summed E-state index contributed by atoms with van der Waals surface area (Å²) < 4.78 is 15.4. The average Bonchev–Trinajstić information content (AvgIpc) is 2.77. The number of alkyl halides is 1. The SMILES string of the molecule is CN1C(C)(C)CC(Nc2ccnc(Nc3cccc(-c4ccncc4)c3)n2)C(F)C1(C)C. The van der Waals surface area contributed by atoms with Crippen LogP contribution in [0.15, 0.2) is 61.1 Å². The standard InChI is InChI=1S/C25H31FN6/c1-24(2)16-20(22(26)25(3,4)32(24)5)30-21-11-14-28-23(31-21)29-19-8-6-7-18(15-19)17-9-12-27-13-10-17/h6-15,20,22H,16H2,1-5H3,(H2,28,29,30,31). The molecule has 6 nitrogen and oxygen atoms in total. The second-order valence-corrected chi connectivity index (χ2v) is 9.59. The molecule has 0 spiro atoms. The van der Waals surface area contributed by atoms with Crippen molar-refractivity contribution in [2.75, 3.05) is 17.7 Å². The molecule has 4 rings (SSSR count). The van der Waals surface area contributed by atoms with Crippen LogP contribution in [-0.2, 0) is 0 Å². The number of aromatic nitrogens is 3. The van der Waals surface area contributed by atoms with Crippen LogP contribution in [0.1, 0.15) is 34.1 Å². The third kappa shape index (κ3) is 4.43. The van der Waals surface area contributed by atoms with E-state index in [1.807, 2.05) is 57.3 Å². The van der Waals surface area contributed by atoms with Crippen LogP contribution in [0.4, 0.5) is 21.8 Å². The van der Waals surface area contributed by atoms with Gasteiger partial charge in [0.1, 0.15) is 12.0 Å². The highest BCUT2D eigenvalue weighted by Gasteiger charge is 2.50. The number of hydrogen-bond acceptors (Lipinski definition) is 6. The third-order valence-corrected chi connectivity index (χ3v) is 6.64. The lowest BCUT2D eigenvalue weighted by molar-refractivity contribution is -0.0631. The van der Waals surface area contributed by atoms with Crippen molar-refractivity contribution in [3.8, 4) is 11.1 Å². The number of nitrogens with one attached hydrogen (secondary N) is 2. The second kappa shape index (κ2) is 8.47. The Kier molecular flexibility index (Phi) is 5.86. The number of nitrogens with zero attached hydrogens (tertiary/aromatic N) is 4. The molecule has 3 aromatic rings. The van der Waals surface area contributed by atoms with E-state index < -0.39 is 11.7 Å². The predicted octanol–water partition coefficient (Wildman–Crippen LogP) is 5.29. The molecular weight excluding hydrogens is 403 g/mol. The van der Waals surface area contributed by atoms with E-state index >= 15 is 4.39 Å². The lowest BCUT2D eigenvalue weighted by Crippen LogP contribution is -2.67. The van der Waals surface area contributed by atoms with Crippen molar-refractivity contribution < 1.29 is 4.39 Å². The van der Waals surface area contributed by atoms with Crippen LogP contribution in [0.3, 0.4) is 0 Å². The molecule has 168 valence electrons. The summed E-state index contributed by atoms with van der Waals surface area (Å²) in [5.74, 6) is 1.07. The summed E-state index contributed by atoms with van der Waals surface area (Å²) >= 11 is 0. The van der Waals surface area contributed by atoms with Gasteiger partial charge in [-0.3, -0.25) is 9.88 Å². The van der Waals surface area contributed by atoms with Gasteiger partial charge in [0.25, 0.3) is 0 Å². The Morgan fingerprint density at radius 1 is 1.00 bits per heavy atom. The van der Waals surface area contributed by atoms with Crippen LogP contribution in [0.2, 0.25) is 0 Å². The maximum Gasteiger partial charge on any atom is 0.229 e. The lowest BCUT2D eigenvalue weighted by Gasteiger charge is -2.55. The number of rotatable bonds is 5. The zero-order chi connectivity index (χ0) is 22.9. The Balaban J connectivity index is 1.51. The summed E-state index contributed by atoms with van der Waals surface area (Å²) in [7, 11) is 2.00. The number of anilines is 3. The van der Waals surface area contributed by atoms with E-state index in [0.717, 1.165) is 16.8 Å². The van der Waals surface area contributed by atoms with Gasteiger partial charge < -0.3 is 10.6 Å². The van der Waals surface area contributed by atoms with Gasteiger partial charge >= 0.3 is 0 Å². The minimum Gasteiger partial charge on any atom is -0.364 e. The van der Waals surface area contributed by atoms with Crippen LogP contribution in [-0.4, -0.2) is 50.2 Å². The first kappa shape index (κ1) is 22.1. The van der Waals surface area contributed by atoms with Gasteiger partial charge in [-0.25, -0.2) is 9.37 Å². The van der Waals surface area contributed by atoms with Crippen molar-refractivity contribution in [1.82, 2.24) is 19.9 Å². The van der Waals surface area contributed by atoms with Crippen LogP contribution >= 0.6 is 0 Å². The van der Waals surface area contributed by atoms with E-state index in [9.17, 15) is 0 Å². The minimum absolute atomic E-state index is 0.134. The van der Waals surface area contributed by atoms with Crippen molar-refractivity contribution in [3.05, 3.63) is 61.1 Å². The number of hydrogen-bond donors (Lipinski definition) is 2. The molecule has 1 saturated heterocycles. The largest absolute Gasteiger partial charge is 0.364 e. The predicted molar refractivity (Wildman–Crippen MR) is 128 cm³/mol. The Bertz CT molecular complexity index is 1070. The molecular formula is C25H31FN6. The maximum absolute atomic E-state index is 15.4. The third-order valence-electron chi connectivity index (χ3n) is 6.64. The zero-order valence-electron chi connectivity index (χ0n) is 19.3. The monoisotopic (exact) mass is 434 g/mol. The number of halogens is 1. The van der Waals surface area contributed by atoms with Gasteiger partial charge in [0.15, 0.2) is 0 Å². The van der Waals surface area contributed by atoms with Gasteiger partial charge in [-0.15, -0.1) is 0 Å². The Hall–Kier alpha value is -3.06. The van der Waals surface area contributed by atoms with E-state index in [-0.39, 0.29) is 11.6 Å². The molecule has 2 atom stereocenters. The van der Waals surface area contributed by atoms with Crippen LogP contribution in [0, 0.1) is 0 Å². The van der Waals surface area contributed by atoms with E-state index in [1.54, 1.807) is 24.7 Å². The molecule has 1 aliphatic heterocycles. The Morgan fingerprint density at radius 3 is 2.50 bits per heavy atom. The Morgan fingerprint density at radius 2 is 1.75 bits per heavy atom. The summed E-state index contributed by atoms with van der Waals surface area (Å²) in [6.45, 7) is 8.21. The van der Waals surface area contributed by atoms with Crippen molar-refractivity contribution >= 4 is 17.5 Å². The van der Waals surface area contributed by atoms with Gasteiger partial charge in [0.2, 0.25) is 5.95 Å². The first-order valence-corrected chi connectivity index (χ1v) is 10.9. The van der Waals surface area contributed by atoms with E-state index in [1.165, 1.54) is 0 Å². The molecule has 1 aromatic carbocycles. The molecule has 0 bridgehead atoms. The van der Waals surface area contributed by atoms with E-state index in [4.69, 9.17) is 0 Å². The molecule has 0 amide bonds. The highest BCUT2D eigenvalue weighted by Crippen LogP contribution is 2.39. The molecule has 2 unspecified atom stereocenters. The molecule has 1 aliphatic rings. The van der Waals surface area contributed by atoms with Crippen LogP contribution in [0.25, 0.3) is 11.1 Å². The average molecular weight is 435 g/mol. The Labute approximate surface area is 189 Å². The number of benzene rings is 1. The second-order valence-electron chi connectivity index (χ2n) is 9.59. The highest BCUT2D eigenvalue weighted by atomic mass is 19.1. The van der Waals surface area contributed by atoms with Gasteiger partial charge in [-0.05, 0) is 82.6 Å². The zero-order valence-corrected chi connectivity index (χ0v) is 19.3. The summed E-state index contributed by atoms with van der Waals surface area (Å²) in [5, 5.41) is 6.59. The quantitative estimate of drug-likeness (QED) is 0.569. The minimum atomic E-state index is -1.04. The number of pyridine rings is 1.